The number of carbonyl (C=O) groups is 1. The molecule has 0 aliphatic heterocycles. The molecule has 0 bridgehead atoms. The molecule has 0 saturated heterocycles. The van der Waals surface area contributed by atoms with Gasteiger partial charge in [0.05, 0.1) is 0 Å². The fraction of sp³-hybridized carbons (Fsp3) is 0.824. The van der Waals surface area contributed by atoms with Crippen molar-refractivity contribution in [1.29, 1.82) is 0 Å². The fourth-order valence-corrected chi connectivity index (χ4v) is 19.3. The van der Waals surface area contributed by atoms with Gasteiger partial charge in [-0.3, -0.25) is 0 Å². The van der Waals surface area contributed by atoms with E-state index < -0.39 is 18.4 Å². The van der Waals surface area contributed by atoms with E-state index in [-0.39, 0.29) is 5.78 Å². The molecule has 0 N–H and O–H groups in total. The molecule has 19 heavy (non-hydrogen) atoms. The molecule has 0 unspecified atom stereocenters. The van der Waals surface area contributed by atoms with Gasteiger partial charge in [0, 0.05) is 0 Å². The van der Waals surface area contributed by atoms with Gasteiger partial charge >= 0.3 is 125 Å². The number of carbonyl (C=O) groups excluding carboxylic acids is 1. The molecule has 0 fully saturated rings. The van der Waals surface area contributed by atoms with Crippen molar-refractivity contribution in [1.82, 2.24) is 0 Å². The summed E-state index contributed by atoms with van der Waals surface area (Å²) < 4.78 is 5.54. The Labute approximate surface area is 125 Å². The Morgan fingerprint density at radius 2 is 1.26 bits per heavy atom. The van der Waals surface area contributed by atoms with Crippen molar-refractivity contribution in [3.05, 3.63) is 12.2 Å². The average Bonchev–Trinajstić information content (AvgIpc) is 2.40. The summed E-state index contributed by atoms with van der Waals surface area (Å²) in [5, 5.41) is 0. The van der Waals surface area contributed by atoms with Crippen LogP contribution >= 0.6 is 0 Å². The Kier molecular flexibility index (Phi) is 11.1. The molecule has 1 nitrogen and oxygen atoms in total. The van der Waals surface area contributed by atoms with Crippen molar-refractivity contribution in [2.45, 2.75) is 84.0 Å². The van der Waals surface area contributed by atoms with Crippen LogP contribution in [-0.2, 0) is 4.79 Å². The molecule has 0 saturated carbocycles. The van der Waals surface area contributed by atoms with Gasteiger partial charge in [0.2, 0.25) is 0 Å². The number of ketones is 1. The van der Waals surface area contributed by atoms with Crippen LogP contribution in [0.1, 0.15) is 66.2 Å². The predicted octanol–water partition coefficient (Wildman–Crippen LogP) is 5.98. The Bertz CT molecular complexity index is 249. The van der Waals surface area contributed by atoms with Gasteiger partial charge in [-0.2, -0.15) is 0 Å². The van der Waals surface area contributed by atoms with E-state index >= 15 is 0 Å². The molecular weight excluding hydrogens is 339 g/mol. The van der Waals surface area contributed by atoms with Gasteiger partial charge in [0.15, 0.2) is 0 Å². The molecule has 0 aliphatic rings. The molecule has 0 aromatic heterocycles. The van der Waals surface area contributed by atoms with E-state index in [2.05, 4.69) is 27.4 Å². The van der Waals surface area contributed by atoms with Crippen LogP contribution in [0.2, 0.25) is 17.7 Å². The maximum absolute atomic E-state index is 11.6. The second-order valence-corrected chi connectivity index (χ2v) is 20.0. The summed E-state index contributed by atoms with van der Waals surface area (Å²) in [6.07, 6.45) is 7.99. The predicted molar refractivity (Wildman–Crippen MR) is 89.5 cm³/mol. The number of unbranched alkanes of at least 4 members (excludes halogenated alkanes) is 3. The van der Waals surface area contributed by atoms with Crippen LogP contribution in [0.4, 0.5) is 0 Å². The monoisotopic (exact) mass is 374 g/mol. The number of hydrogen-bond donors (Lipinski definition) is 0. The molecule has 0 radical (unpaired) electrons. The first kappa shape index (κ1) is 19.2. The van der Waals surface area contributed by atoms with E-state index in [0.717, 1.165) is 10.0 Å². The first-order valence-electron chi connectivity index (χ1n) is 8.20. The Morgan fingerprint density at radius 3 is 1.53 bits per heavy atom. The summed E-state index contributed by atoms with van der Waals surface area (Å²) in [7, 11) is 0. The summed E-state index contributed by atoms with van der Waals surface area (Å²) in [6, 6.07) is 0. The third kappa shape index (κ3) is 8.16. The van der Waals surface area contributed by atoms with Gasteiger partial charge in [0.1, 0.15) is 0 Å². The molecule has 0 aliphatic carbocycles. The third-order valence-corrected chi connectivity index (χ3v) is 19.7. The third-order valence-electron chi connectivity index (χ3n) is 4.27. The average molecular weight is 373 g/mol. The maximum atomic E-state index is 11.6. The topological polar surface area (TPSA) is 17.1 Å². The van der Waals surface area contributed by atoms with Crippen LogP contribution in [0, 0.1) is 0 Å². The van der Waals surface area contributed by atoms with E-state index in [4.69, 9.17) is 0 Å². The van der Waals surface area contributed by atoms with E-state index in [1.54, 1.807) is 6.92 Å². The van der Waals surface area contributed by atoms with E-state index in [1.165, 1.54) is 51.8 Å². The van der Waals surface area contributed by atoms with Crippen LogP contribution in [0.15, 0.2) is 12.2 Å². The van der Waals surface area contributed by atoms with Gasteiger partial charge in [0.25, 0.3) is 0 Å². The van der Waals surface area contributed by atoms with Gasteiger partial charge in [-0.25, -0.2) is 0 Å². The summed E-state index contributed by atoms with van der Waals surface area (Å²) >= 11 is -2.15. The van der Waals surface area contributed by atoms with Crippen LogP contribution in [0.25, 0.3) is 0 Å². The van der Waals surface area contributed by atoms with E-state index in [9.17, 15) is 4.79 Å². The molecule has 0 rings (SSSR count). The number of hydrogen-bond acceptors (Lipinski definition) is 1. The van der Waals surface area contributed by atoms with Crippen molar-refractivity contribution >= 4 is 24.2 Å². The minimum absolute atomic E-state index is 0.227. The molecule has 0 atom stereocenters. The quantitative estimate of drug-likeness (QED) is 0.304. The van der Waals surface area contributed by atoms with Crippen molar-refractivity contribution in [2.24, 2.45) is 0 Å². The van der Waals surface area contributed by atoms with E-state index in [0.29, 0.717) is 0 Å². The fourth-order valence-electron chi connectivity index (χ4n) is 2.87. The number of allylic oxidation sites excluding steroid dienone is 1. The molecule has 0 spiro atoms. The Balaban J connectivity index is 4.85. The molecule has 112 valence electrons. The second-order valence-electron chi connectivity index (χ2n) is 6.15. The minimum atomic E-state index is -2.15. The van der Waals surface area contributed by atoms with Crippen LogP contribution in [0.3, 0.4) is 0 Å². The van der Waals surface area contributed by atoms with Gasteiger partial charge in [-0.1, -0.05) is 0 Å². The van der Waals surface area contributed by atoms with E-state index in [1.807, 2.05) is 0 Å². The number of Topliss-reactive ketones (excluding diaryl/α,β-unsaturated/α-hetero) is 1. The molecule has 0 amide bonds. The van der Waals surface area contributed by atoms with Gasteiger partial charge < -0.3 is 0 Å². The first-order valence-corrected chi connectivity index (χ1v) is 16.3. The van der Waals surface area contributed by atoms with Crippen molar-refractivity contribution in [2.75, 3.05) is 0 Å². The normalized spacial score (nSPS) is 11.6. The zero-order chi connectivity index (χ0) is 14.7. The SMILES string of the molecule is C=C([CH2][Sn]([CH2]CCC)([CH2]CCC)[CH2]CCC)C(C)=O. The van der Waals surface area contributed by atoms with Crippen molar-refractivity contribution < 1.29 is 4.79 Å². The summed E-state index contributed by atoms with van der Waals surface area (Å²) in [5.41, 5.74) is 0.930. The zero-order valence-corrected chi connectivity index (χ0v) is 16.5. The summed E-state index contributed by atoms with van der Waals surface area (Å²) in [5.74, 6) is 0.227. The molecule has 0 aromatic carbocycles. The van der Waals surface area contributed by atoms with Crippen LogP contribution < -0.4 is 0 Å². The first-order chi connectivity index (χ1) is 9.01. The molecule has 0 aromatic rings. The summed E-state index contributed by atoms with van der Waals surface area (Å²) in [4.78, 5) is 11.6. The van der Waals surface area contributed by atoms with Crippen molar-refractivity contribution in [3.8, 4) is 0 Å². The standard InChI is InChI=1S/C5H7O.3C4H9.Sn/c1-4(2)5(3)6;3*1-3-4-2;/h1-2H2,3H3;3*1,3-4H2,2H3;. The molecule has 0 heterocycles. The van der Waals surface area contributed by atoms with Gasteiger partial charge in [-0.05, 0) is 0 Å². The van der Waals surface area contributed by atoms with Crippen molar-refractivity contribution in [3.63, 3.8) is 0 Å². The molecular formula is C17H34OSn. The Morgan fingerprint density at radius 1 is 0.895 bits per heavy atom. The summed E-state index contributed by atoms with van der Waals surface area (Å²) in [6.45, 7) is 12.6. The number of rotatable bonds is 12. The Hall–Kier alpha value is 0.209. The van der Waals surface area contributed by atoms with Crippen LogP contribution in [-0.4, -0.2) is 24.2 Å². The van der Waals surface area contributed by atoms with Crippen LogP contribution in [0.5, 0.6) is 0 Å². The van der Waals surface area contributed by atoms with Gasteiger partial charge in [-0.15, -0.1) is 0 Å². The molecule has 2 heteroatoms. The zero-order valence-electron chi connectivity index (χ0n) is 13.7. The second kappa shape index (κ2) is 10.9.